The standard InChI is InChI=1S/C16H16FN2S.Pt/c1-16(2,3)15(17)19-9-8-12(18-19)14-10-11-6-4-5-7-13(11)20-14;/h4-9,15H,1-3H3;/q-1;. The minimum Gasteiger partial charge on any atom is -0.248 e. The Balaban J connectivity index is 0.00000161. The molecule has 0 saturated heterocycles. The summed E-state index contributed by atoms with van der Waals surface area (Å²) >= 11 is 1.63. The van der Waals surface area contributed by atoms with Crippen LogP contribution >= 0.6 is 11.3 Å². The molecule has 0 N–H and O–H groups in total. The normalized spacial score (nSPS) is 13.1. The quantitative estimate of drug-likeness (QED) is 0.466. The molecule has 0 fully saturated rings. The van der Waals surface area contributed by atoms with Crippen molar-refractivity contribution in [1.82, 2.24) is 9.78 Å². The second-order valence-electron chi connectivity index (χ2n) is 5.94. The molecule has 2 heterocycles. The number of alkyl halides is 1. The van der Waals surface area contributed by atoms with Gasteiger partial charge in [0.25, 0.3) is 0 Å². The number of hydrogen-bond donors (Lipinski definition) is 0. The van der Waals surface area contributed by atoms with Crippen LogP contribution < -0.4 is 0 Å². The second-order valence-corrected chi connectivity index (χ2v) is 6.99. The van der Waals surface area contributed by atoms with Crippen molar-refractivity contribution in [2.45, 2.75) is 27.1 Å². The fourth-order valence-electron chi connectivity index (χ4n) is 2.02. The van der Waals surface area contributed by atoms with Crippen LogP contribution in [0.25, 0.3) is 20.7 Å². The van der Waals surface area contributed by atoms with E-state index in [-0.39, 0.29) is 21.1 Å². The Kier molecular flexibility index (Phi) is 4.69. The van der Waals surface area contributed by atoms with E-state index in [1.807, 2.05) is 45.0 Å². The molecule has 1 aromatic carbocycles. The van der Waals surface area contributed by atoms with Crippen molar-refractivity contribution in [3.8, 4) is 10.6 Å². The van der Waals surface area contributed by atoms with Crippen molar-refractivity contribution in [3.63, 3.8) is 0 Å². The van der Waals surface area contributed by atoms with Crippen LogP contribution in [0.5, 0.6) is 0 Å². The van der Waals surface area contributed by atoms with Gasteiger partial charge in [0.15, 0.2) is 6.30 Å². The summed E-state index contributed by atoms with van der Waals surface area (Å²) in [5.74, 6) is 0. The first-order valence-electron chi connectivity index (χ1n) is 6.55. The van der Waals surface area contributed by atoms with E-state index >= 15 is 0 Å². The molecule has 3 aromatic rings. The Bertz CT molecular complexity index is 709. The topological polar surface area (TPSA) is 17.8 Å². The number of hydrogen-bond acceptors (Lipinski definition) is 2. The van der Waals surface area contributed by atoms with Gasteiger partial charge in [0.1, 0.15) is 0 Å². The molecule has 1 unspecified atom stereocenters. The van der Waals surface area contributed by atoms with Crippen molar-refractivity contribution in [2.24, 2.45) is 5.41 Å². The summed E-state index contributed by atoms with van der Waals surface area (Å²) in [5.41, 5.74) is 0.311. The molecular weight excluding hydrogens is 466 g/mol. The van der Waals surface area contributed by atoms with Crippen LogP contribution in [0.2, 0.25) is 0 Å². The van der Waals surface area contributed by atoms with E-state index in [1.165, 1.54) is 9.38 Å². The molecule has 0 aliphatic carbocycles. The molecule has 0 bridgehead atoms. The molecule has 3 rings (SSSR count). The van der Waals surface area contributed by atoms with Gasteiger partial charge in [-0.2, -0.15) is 0 Å². The number of fused-ring (bicyclic) bond motifs is 1. The number of benzene rings is 1. The predicted octanol–water partition coefficient (Wildman–Crippen LogP) is 5.08. The number of halogens is 1. The predicted molar refractivity (Wildman–Crippen MR) is 81.5 cm³/mol. The van der Waals surface area contributed by atoms with Crippen LogP contribution in [0.15, 0.2) is 36.5 Å². The van der Waals surface area contributed by atoms with E-state index in [2.05, 4.69) is 17.2 Å². The summed E-state index contributed by atoms with van der Waals surface area (Å²) in [6, 6.07) is 13.3. The van der Waals surface area contributed by atoms with Gasteiger partial charge < -0.3 is 0 Å². The van der Waals surface area contributed by atoms with Crippen molar-refractivity contribution < 1.29 is 25.5 Å². The molecule has 2 nitrogen and oxygen atoms in total. The summed E-state index contributed by atoms with van der Waals surface area (Å²) in [6.45, 7) is 5.60. The van der Waals surface area contributed by atoms with Gasteiger partial charge in [0.05, 0.1) is 0 Å². The first-order chi connectivity index (χ1) is 9.45. The first kappa shape index (κ1) is 16.4. The van der Waals surface area contributed by atoms with Gasteiger partial charge in [-0.3, -0.25) is 0 Å². The van der Waals surface area contributed by atoms with Gasteiger partial charge >= 0.3 is 0 Å². The molecule has 0 aliphatic rings. The van der Waals surface area contributed by atoms with E-state index in [4.69, 9.17) is 0 Å². The largest absolute Gasteiger partial charge is 0.248 e. The minimum atomic E-state index is -1.13. The van der Waals surface area contributed by atoms with E-state index in [0.29, 0.717) is 0 Å². The zero-order chi connectivity index (χ0) is 14.3. The number of nitrogens with zero attached hydrogens (tertiary/aromatic N) is 2. The van der Waals surface area contributed by atoms with E-state index in [1.54, 1.807) is 17.5 Å². The molecule has 0 spiro atoms. The van der Waals surface area contributed by atoms with Crippen LogP contribution in [0.4, 0.5) is 4.39 Å². The SMILES string of the molecule is CC(C)(C)C(F)n1ccc(-c2[c-]c3ccccc3s2)n1.[Pt]. The average molecular weight is 482 g/mol. The molecule has 0 radical (unpaired) electrons. The molecule has 21 heavy (non-hydrogen) atoms. The fourth-order valence-corrected chi connectivity index (χ4v) is 2.99. The smallest absolute Gasteiger partial charge is 0.195 e. The molecule has 0 aliphatic heterocycles. The Morgan fingerprint density at radius 2 is 1.95 bits per heavy atom. The van der Waals surface area contributed by atoms with Crippen LogP contribution in [0.3, 0.4) is 0 Å². The monoisotopic (exact) mass is 482 g/mol. The molecule has 2 aromatic heterocycles. The van der Waals surface area contributed by atoms with Gasteiger partial charge in [-0.1, -0.05) is 39.0 Å². The Hall–Kier alpha value is -0.992. The molecule has 0 saturated carbocycles. The summed E-state index contributed by atoms with van der Waals surface area (Å²) < 4.78 is 16.8. The summed E-state index contributed by atoms with van der Waals surface area (Å²) in [6.07, 6.45) is 0.564. The van der Waals surface area contributed by atoms with Gasteiger partial charge in [0, 0.05) is 38.4 Å². The maximum Gasteiger partial charge on any atom is 0.195 e. The zero-order valence-corrected chi connectivity index (χ0v) is 15.1. The number of thiophene rings is 1. The molecular formula is C16H16FN2PtS-. The third-order valence-corrected chi connectivity index (χ3v) is 4.23. The van der Waals surface area contributed by atoms with Crippen LogP contribution in [0, 0.1) is 11.5 Å². The van der Waals surface area contributed by atoms with Crippen molar-refractivity contribution in [1.29, 1.82) is 0 Å². The second kappa shape index (κ2) is 6.02. The third kappa shape index (κ3) is 3.27. The van der Waals surface area contributed by atoms with E-state index in [9.17, 15) is 4.39 Å². The molecule has 114 valence electrons. The van der Waals surface area contributed by atoms with E-state index < -0.39 is 11.7 Å². The third-order valence-electron chi connectivity index (χ3n) is 3.14. The van der Waals surface area contributed by atoms with Crippen LogP contribution in [0.1, 0.15) is 27.1 Å². The molecule has 5 heteroatoms. The van der Waals surface area contributed by atoms with Crippen LogP contribution in [-0.4, -0.2) is 9.78 Å². The summed E-state index contributed by atoms with van der Waals surface area (Å²) in [5, 5.41) is 5.44. The Labute approximate surface area is 142 Å². The van der Waals surface area contributed by atoms with Gasteiger partial charge in [0.2, 0.25) is 0 Å². The van der Waals surface area contributed by atoms with Crippen molar-refractivity contribution >= 4 is 21.4 Å². The van der Waals surface area contributed by atoms with Gasteiger partial charge in [-0.05, 0) is 9.58 Å². The van der Waals surface area contributed by atoms with Crippen LogP contribution in [-0.2, 0) is 21.1 Å². The minimum absolute atomic E-state index is 0. The summed E-state index contributed by atoms with van der Waals surface area (Å²) in [7, 11) is 0. The Morgan fingerprint density at radius 3 is 2.62 bits per heavy atom. The van der Waals surface area contributed by atoms with Crippen molar-refractivity contribution in [3.05, 3.63) is 42.6 Å². The van der Waals surface area contributed by atoms with Crippen molar-refractivity contribution in [2.75, 3.05) is 0 Å². The maximum absolute atomic E-state index is 14.3. The van der Waals surface area contributed by atoms with Gasteiger partial charge in [-0.25, -0.2) is 25.5 Å². The average Bonchev–Trinajstić information content (AvgIpc) is 3.03. The summed E-state index contributed by atoms with van der Waals surface area (Å²) in [4.78, 5) is 0.950. The molecule has 1 atom stereocenters. The number of rotatable bonds is 2. The molecule has 0 amide bonds. The van der Waals surface area contributed by atoms with Gasteiger partial charge in [-0.15, -0.1) is 23.6 Å². The maximum atomic E-state index is 14.3. The van der Waals surface area contributed by atoms with E-state index in [0.717, 1.165) is 16.0 Å². The Morgan fingerprint density at radius 1 is 1.24 bits per heavy atom. The first-order valence-corrected chi connectivity index (χ1v) is 7.37. The fraction of sp³-hybridized carbons (Fsp3) is 0.312. The number of aromatic nitrogens is 2. The zero-order valence-electron chi connectivity index (χ0n) is 12.0.